The third-order valence-electron chi connectivity index (χ3n) is 2.80. The van der Waals surface area contributed by atoms with E-state index in [0.717, 1.165) is 12.8 Å². The summed E-state index contributed by atoms with van der Waals surface area (Å²) in [7, 11) is 0. The fourth-order valence-electron chi connectivity index (χ4n) is 1.63. The fraction of sp³-hybridized carbons (Fsp3) is 0.308. The topological polar surface area (TPSA) is 68.0 Å². The summed E-state index contributed by atoms with van der Waals surface area (Å²) in [5, 5.41) is 10.9. The van der Waals surface area contributed by atoms with Crippen LogP contribution < -0.4 is 5.32 Å². The molecule has 1 aliphatic carbocycles. The van der Waals surface area contributed by atoms with Crippen molar-refractivity contribution in [1.29, 1.82) is 0 Å². The minimum absolute atomic E-state index is 0.170. The lowest BCUT2D eigenvalue weighted by molar-refractivity contribution is -0.113. The van der Waals surface area contributed by atoms with Crippen LogP contribution in [0, 0.1) is 5.82 Å². The second kappa shape index (κ2) is 5.62. The lowest BCUT2D eigenvalue weighted by Crippen LogP contribution is -2.13. The monoisotopic (exact) mass is 293 g/mol. The second-order valence-corrected chi connectivity index (χ2v) is 5.45. The molecule has 7 heteroatoms. The summed E-state index contributed by atoms with van der Waals surface area (Å²) < 4.78 is 18.2. The molecule has 1 aromatic carbocycles. The molecule has 20 heavy (non-hydrogen) atoms. The summed E-state index contributed by atoms with van der Waals surface area (Å²) >= 11 is 1.19. The smallest absolute Gasteiger partial charge is 0.277 e. The zero-order valence-corrected chi connectivity index (χ0v) is 11.3. The lowest BCUT2D eigenvalue weighted by atomic mass is 10.3. The van der Waals surface area contributed by atoms with Gasteiger partial charge in [-0.15, -0.1) is 10.2 Å². The molecule has 0 atom stereocenters. The summed E-state index contributed by atoms with van der Waals surface area (Å²) in [6, 6.07) is 5.61. The number of benzene rings is 1. The quantitative estimate of drug-likeness (QED) is 0.859. The number of rotatable bonds is 5. The number of hydrogen-bond donors (Lipinski definition) is 1. The number of hydrogen-bond acceptors (Lipinski definition) is 5. The number of anilines is 1. The van der Waals surface area contributed by atoms with E-state index >= 15 is 0 Å². The van der Waals surface area contributed by atoms with Gasteiger partial charge in [0.1, 0.15) is 5.82 Å². The van der Waals surface area contributed by atoms with Crippen LogP contribution in [0.25, 0.3) is 0 Å². The highest BCUT2D eigenvalue weighted by molar-refractivity contribution is 7.99. The van der Waals surface area contributed by atoms with Crippen LogP contribution in [0.4, 0.5) is 10.1 Å². The van der Waals surface area contributed by atoms with Crippen molar-refractivity contribution in [3.63, 3.8) is 0 Å². The van der Waals surface area contributed by atoms with Gasteiger partial charge in [0.2, 0.25) is 11.8 Å². The molecular weight excluding hydrogens is 281 g/mol. The molecule has 0 radical (unpaired) electrons. The van der Waals surface area contributed by atoms with Crippen molar-refractivity contribution in [2.24, 2.45) is 0 Å². The molecule has 0 saturated heterocycles. The van der Waals surface area contributed by atoms with Crippen LogP contribution in [0.3, 0.4) is 0 Å². The molecule has 0 bridgehead atoms. The Morgan fingerprint density at radius 3 is 2.80 bits per heavy atom. The van der Waals surface area contributed by atoms with Gasteiger partial charge in [0.05, 0.1) is 5.75 Å². The molecule has 0 aliphatic heterocycles. The molecule has 1 aliphatic rings. The number of thioether (sulfide) groups is 1. The molecule has 2 aromatic rings. The predicted molar refractivity (Wildman–Crippen MR) is 72.0 cm³/mol. The summed E-state index contributed by atoms with van der Waals surface area (Å²) in [4.78, 5) is 11.7. The Hall–Kier alpha value is -1.89. The highest BCUT2D eigenvalue weighted by Crippen LogP contribution is 2.39. The minimum Gasteiger partial charge on any atom is -0.416 e. The highest BCUT2D eigenvalue weighted by atomic mass is 32.2. The van der Waals surface area contributed by atoms with Gasteiger partial charge < -0.3 is 9.73 Å². The summed E-state index contributed by atoms with van der Waals surface area (Å²) in [5.41, 5.74) is 0.557. The van der Waals surface area contributed by atoms with Gasteiger partial charge in [0, 0.05) is 11.6 Å². The molecule has 0 unspecified atom stereocenters. The van der Waals surface area contributed by atoms with Gasteiger partial charge in [-0.3, -0.25) is 4.79 Å². The summed E-state index contributed by atoms with van der Waals surface area (Å²) in [6.45, 7) is 0. The van der Waals surface area contributed by atoms with E-state index in [1.165, 1.54) is 36.0 Å². The molecular formula is C13H12FN3O2S. The van der Waals surface area contributed by atoms with Crippen molar-refractivity contribution in [2.45, 2.75) is 24.0 Å². The molecule has 1 saturated carbocycles. The van der Waals surface area contributed by atoms with Crippen molar-refractivity contribution < 1.29 is 13.6 Å². The Balaban J connectivity index is 1.49. The Kier molecular flexibility index (Phi) is 3.68. The van der Waals surface area contributed by atoms with E-state index in [9.17, 15) is 9.18 Å². The van der Waals surface area contributed by atoms with Crippen molar-refractivity contribution >= 4 is 23.4 Å². The van der Waals surface area contributed by atoms with E-state index in [2.05, 4.69) is 15.5 Å². The van der Waals surface area contributed by atoms with Gasteiger partial charge in [0.15, 0.2) is 0 Å². The first-order valence-electron chi connectivity index (χ1n) is 6.22. The molecule has 1 amide bonds. The molecule has 104 valence electrons. The zero-order valence-electron chi connectivity index (χ0n) is 10.5. The van der Waals surface area contributed by atoms with Crippen molar-refractivity contribution in [2.75, 3.05) is 11.1 Å². The average Bonchev–Trinajstić information content (AvgIpc) is 3.18. The first-order valence-corrected chi connectivity index (χ1v) is 7.21. The Morgan fingerprint density at radius 2 is 2.10 bits per heavy atom. The maximum atomic E-state index is 12.7. The van der Waals surface area contributed by atoms with Crippen LogP contribution in [0.5, 0.6) is 0 Å². The molecule has 0 spiro atoms. The maximum absolute atomic E-state index is 12.7. The molecule has 5 nitrogen and oxygen atoms in total. The van der Waals surface area contributed by atoms with E-state index < -0.39 is 0 Å². The van der Waals surface area contributed by atoms with E-state index in [0.29, 0.717) is 22.7 Å². The number of nitrogens with zero attached hydrogens (tertiary/aromatic N) is 2. The fourth-order valence-corrected chi connectivity index (χ4v) is 2.20. The first-order chi connectivity index (χ1) is 9.70. The van der Waals surface area contributed by atoms with Crippen LogP contribution in [-0.2, 0) is 4.79 Å². The van der Waals surface area contributed by atoms with Crippen molar-refractivity contribution in [3.05, 3.63) is 36.0 Å². The lowest BCUT2D eigenvalue weighted by Gasteiger charge is -2.03. The standard InChI is InChI=1S/C13H12FN3O2S/c14-9-3-5-10(6-4-9)15-11(18)7-20-13-17-16-12(19-13)8-1-2-8/h3-6,8H,1-2,7H2,(H,15,18). The van der Waals surface area contributed by atoms with Crippen LogP contribution >= 0.6 is 11.8 Å². The van der Waals surface area contributed by atoms with Gasteiger partial charge in [-0.05, 0) is 37.1 Å². The van der Waals surface area contributed by atoms with Gasteiger partial charge in [-0.2, -0.15) is 0 Å². The van der Waals surface area contributed by atoms with Crippen molar-refractivity contribution in [1.82, 2.24) is 10.2 Å². The number of nitrogens with one attached hydrogen (secondary N) is 1. The van der Waals surface area contributed by atoms with Gasteiger partial charge in [0.25, 0.3) is 5.22 Å². The molecule has 3 rings (SSSR count). The first kappa shape index (κ1) is 13.1. The summed E-state index contributed by atoms with van der Waals surface area (Å²) in [6.07, 6.45) is 2.19. The Bertz CT molecular complexity index is 610. The van der Waals surface area contributed by atoms with E-state index in [-0.39, 0.29) is 17.5 Å². The largest absolute Gasteiger partial charge is 0.416 e. The van der Waals surface area contributed by atoms with Crippen molar-refractivity contribution in [3.8, 4) is 0 Å². The maximum Gasteiger partial charge on any atom is 0.277 e. The molecule has 1 aromatic heterocycles. The van der Waals surface area contributed by atoms with Crippen LogP contribution in [0.1, 0.15) is 24.7 Å². The van der Waals surface area contributed by atoms with Crippen LogP contribution in [-0.4, -0.2) is 21.9 Å². The van der Waals surface area contributed by atoms with Gasteiger partial charge in [-0.25, -0.2) is 4.39 Å². The van der Waals surface area contributed by atoms with E-state index in [1.807, 2.05) is 0 Å². The normalized spacial score (nSPS) is 14.2. The highest BCUT2D eigenvalue weighted by Gasteiger charge is 2.29. The van der Waals surface area contributed by atoms with E-state index in [1.54, 1.807) is 0 Å². The molecule has 1 heterocycles. The van der Waals surface area contributed by atoms with Gasteiger partial charge in [-0.1, -0.05) is 11.8 Å². The predicted octanol–water partition coefficient (Wildman–Crippen LogP) is 2.82. The third kappa shape index (κ3) is 3.36. The van der Waals surface area contributed by atoms with Crippen LogP contribution in [0.2, 0.25) is 0 Å². The second-order valence-electron chi connectivity index (χ2n) is 4.52. The number of carbonyl (C=O) groups excluding carboxylic acids is 1. The average molecular weight is 293 g/mol. The van der Waals surface area contributed by atoms with Gasteiger partial charge >= 0.3 is 0 Å². The van der Waals surface area contributed by atoms with E-state index in [4.69, 9.17) is 4.42 Å². The number of amides is 1. The number of carbonyl (C=O) groups is 1. The zero-order chi connectivity index (χ0) is 13.9. The summed E-state index contributed by atoms with van der Waals surface area (Å²) in [5.74, 6) is 0.698. The number of aromatic nitrogens is 2. The number of halogens is 1. The molecule has 1 fully saturated rings. The Morgan fingerprint density at radius 1 is 1.35 bits per heavy atom. The minimum atomic E-state index is -0.337. The SMILES string of the molecule is O=C(CSc1nnc(C2CC2)o1)Nc1ccc(F)cc1. The third-order valence-corrected chi connectivity index (χ3v) is 3.62. The molecule has 1 N–H and O–H groups in total. The Labute approximate surface area is 119 Å². The van der Waals surface area contributed by atoms with Crippen LogP contribution in [0.15, 0.2) is 33.9 Å².